The molecule has 0 aromatic carbocycles. The fourth-order valence-electron chi connectivity index (χ4n) is 1.62. The molecule has 2 aromatic heterocycles. The highest BCUT2D eigenvalue weighted by atomic mass is 32.1. The van der Waals surface area contributed by atoms with Crippen LogP contribution in [-0.4, -0.2) is 4.98 Å². The fraction of sp³-hybridized carbons (Fsp3) is 0.462. The predicted octanol–water partition coefficient (Wildman–Crippen LogP) is 3.46. The Kier molecular flexibility index (Phi) is 3.97. The van der Waals surface area contributed by atoms with Crippen molar-refractivity contribution in [3.8, 4) is 0 Å². The Labute approximate surface area is 106 Å². The Morgan fingerprint density at radius 3 is 2.76 bits per heavy atom. The topological polar surface area (TPSA) is 38.1 Å². The number of thiazole rings is 1. The number of rotatable bonds is 5. The van der Waals surface area contributed by atoms with Crippen LogP contribution < -0.4 is 5.32 Å². The van der Waals surface area contributed by atoms with Gasteiger partial charge in [0.2, 0.25) is 0 Å². The number of aromatic nitrogens is 1. The highest BCUT2D eigenvalue weighted by molar-refractivity contribution is 7.09. The minimum Gasteiger partial charge on any atom is -0.465 e. The van der Waals surface area contributed by atoms with E-state index in [0.717, 1.165) is 35.2 Å². The first-order valence-electron chi connectivity index (χ1n) is 5.92. The van der Waals surface area contributed by atoms with Crippen LogP contribution in [0.5, 0.6) is 0 Å². The van der Waals surface area contributed by atoms with Crippen molar-refractivity contribution in [2.24, 2.45) is 0 Å². The normalized spacial score (nSPS) is 12.9. The van der Waals surface area contributed by atoms with Crippen molar-refractivity contribution in [1.82, 2.24) is 10.3 Å². The fourth-order valence-corrected chi connectivity index (χ4v) is 2.45. The number of aryl methyl sites for hydroxylation is 2. The van der Waals surface area contributed by atoms with Crippen LogP contribution in [-0.2, 0) is 13.0 Å². The molecule has 0 amide bonds. The lowest BCUT2D eigenvalue weighted by molar-refractivity contribution is 0.435. The van der Waals surface area contributed by atoms with Gasteiger partial charge in [-0.1, -0.05) is 6.92 Å². The van der Waals surface area contributed by atoms with Crippen molar-refractivity contribution in [2.75, 3.05) is 0 Å². The maximum atomic E-state index is 5.64. The summed E-state index contributed by atoms with van der Waals surface area (Å²) < 4.78 is 5.64. The molecule has 0 spiro atoms. The summed E-state index contributed by atoms with van der Waals surface area (Å²) in [7, 11) is 0. The van der Waals surface area contributed by atoms with Crippen molar-refractivity contribution in [3.63, 3.8) is 0 Å². The van der Waals surface area contributed by atoms with Gasteiger partial charge in [0.05, 0.1) is 12.6 Å². The molecular weight excluding hydrogens is 232 g/mol. The molecule has 0 saturated carbocycles. The highest BCUT2D eigenvalue weighted by Gasteiger charge is 2.09. The third-order valence-electron chi connectivity index (χ3n) is 2.66. The number of hydrogen-bond donors (Lipinski definition) is 1. The van der Waals surface area contributed by atoms with Crippen molar-refractivity contribution in [2.45, 2.75) is 39.8 Å². The molecule has 0 fully saturated rings. The van der Waals surface area contributed by atoms with Crippen LogP contribution in [0.15, 0.2) is 21.9 Å². The Balaban J connectivity index is 1.89. The minimum atomic E-state index is 0.267. The average Bonchev–Trinajstić information content (AvgIpc) is 2.94. The number of hydrogen-bond acceptors (Lipinski definition) is 4. The molecule has 1 atom stereocenters. The van der Waals surface area contributed by atoms with Crippen molar-refractivity contribution < 1.29 is 4.42 Å². The van der Waals surface area contributed by atoms with Crippen molar-refractivity contribution in [3.05, 3.63) is 39.7 Å². The van der Waals surface area contributed by atoms with Crippen LogP contribution in [0.4, 0.5) is 0 Å². The zero-order valence-electron chi connectivity index (χ0n) is 10.5. The molecule has 2 heterocycles. The van der Waals surface area contributed by atoms with Gasteiger partial charge < -0.3 is 9.73 Å². The summed E-state index contributed by atoms with van der Waals surface area (Å²) in [6.45, 7) is 6.99. The molecular formula is C13H18N2OS. The second-order valence-electron chi connectivity index (χ2n) is 4.15. The molecule has 0 radical (unpaired) electrons. The van der Waals surface area contributed by atoms with E-state index in [1.54, 1.807) is 11.3 Å². The Morgan fingerprint density at radius 2 is 2.18 bits per heavy atom. The van der Waals surface area contributed by atoms with Gasteiger partial charge in [-0.2, -0.15) is 0 Å². The lowest BCUT2D eigenvalue weighted by atomic mass is 10.3. The zero-order valence-corrected chi connectivity index (χ0v) is 11.3. The van der Waals surface area contributed by atoms with E-state index in [2.05, 4.69) is 29.5 Å². The number of nitrogens with one attached hydrogen (secondary N) is 1. The molecule has 0 saturated heterocycles. The molecule has 17 heavy (non-hydrogen) atoms. The first-order valence-corrected chi connectivity index (χ1v) is 6.80. The van der Waals surface area contributed by atoms with E-state index in [0.29, 0.717) is 0 Å². The Morgan fingerprint density at radius 1 is 1.41 bits per heavy atom. The van der Waals surface area contributed by atoms with Crippen LogP contribution in [0.3, 0.4) is 0 Å². The van der Waals surface area contributed by atoms with Gasteiger partial charge in [0, 0.05) is 17.5 Å². The SMILES string of the molecule is CCc1ccc(CNC(C)c2nc(C)cs2)o1. The molecule has 92 valence electrons. The van der Waals surface area contributed by atoms with Crippen LogP contribution in [0, 0.1) is 6.92 Å². The van der Waals surface area contributed by atoms with Crippen LogP contribution in [0.25, 0.3) is 0 Å². The summed E-state index contributed by atoms with van der Waals surface area (Å²) in [4.78, 5) is 4.47. The first-order chi connectivity index (χ1) is 8.19. The Bertz CT molecular complexity index is 475. The highest BCUT2D eigenvalue weighted by Crippen LogP contribution is 2.18. The predicted molar refractivity (Wildman–Crippen MR) is 70.2 cm³/mol. The standard InChI is InChI=1S/C13H18N2OS/c1-4-11-5-6-12(16-11)7-14-10(3)13-15-9(2)8-17-13/h5-6,8,10,14H,4,7H2,1-3H3. The summed E-state index contributed by atoms with van der Waals surface area (Å²) in [5.74, 6) is 2.03. The van der Waals surface area contributed by atoms with E-state index < -0.39 is 0 Å². The average molecular weight is 250 g/mol. The maximum Gasteiger partial charge on any atom is 0.117 e. The monoisotopic (exact) mass is 250 g/mol. The van der Waals surface area contributed by atoms with Gasteiger partial charge in [0.25, 0.3) is 0 Å². The molecule has 1 unspecified atom stereocenters. The van der Waals surface area contributed by atoms with Crippen LogP contribution in [0.2, 0.25) is 0 Å². The quantitative estimate of drug-likeness (QED) is 0.883. The molecule has 2 rings (SSSR count). The molecule has 0 aliphatic heterocycles. The van der Waals surface area contributed by atoms with E-state index in [1.165, 1.54) is 0 Å². The second-order valence-corrected chi connectivity index (χ2v) is 5.04. The molecule has 0 bridgehead atoms. The molecule has 1 N–H and O–H groups in total. The van der Waals surface area contributed by atoms with Gasteiger partial charge in [0.1, 0.15) is 16.5 Å². The summed E-state index contributed by atoms with van der Waals surface area (Å²) in [5, 5.41) is 6.63. The van der Waals surface area contributed by atoms with E-state index >= 15 is 0 Å². The van der Waals surface area contributed by atoms with Crippen LogP contribution >= 0.6 is 11.3 Å². The molecule has 2 aromatic rings. The smallest absolute Gasteiger partial charge is 0.117 e. The van der Waals surface area contributed by atoms with E-state index in [4.69, 9.17) is 4.42 Å². The van der Waals surface area contributed by atoms with E-state index in [1.807, 2.05) is 19.1 Å². The maximum absolute atomic E-state index is 5.64. The van der Waals surface area contributed by atoms with E-state index in [-0.39, 0.29) is 6.04 Å². The third-order valence-corrected chi connectivity index (χ3v) is 3.80. The summed E-state index contributed by atoms with van der Waals surface area (Å²) in [5.41, 5.74) is 1.09. The summed E-state index contributed by atoms with van der Waals surface area (Å²) >= 11 is 1.70. The lowest BCUT2D eigenvalue weighted by Crippen LogP contribution is -2.17. The lowest BCUT2D eigenvalue weighted by Gasteiger charge is -2.09. The van der Waals surface area contributed by atoms with Crippen molar-refractivity contribution >= 4 is 11.3 Å². The third kappa shape index (κ3) is 3.17. The molecule has 0 aliphatic carbocycles. The van der Waals surface area contributed by atoms with Crippen molar-refractivity contribution in [1.29, 1.82) is 0 Å². The largest absolute Gasteiger partial charge is 0.465 e. The van der Waals surface area contributed by atoms with Crippen LogP contribution in [0.1, 0.15) is 42.1 Å². The summed E-state index contributed by atoms with van der Waals surface area (Å²) in [6.07, 6.45) is 0.946. The van der Waals surface area contributed by atoms with Gasteiger partial charge in [-0.05, 0) is 26.0 Å². The van der Waals surface area contributed by atoms with Gasteiger partial charge in [0.15, 0.2) is 0 Å². The number of nitrogens with zero attached hydrogens (tertiary/aromatic N) is 1. The van der Waals surface area contributed by atoms with Gasteiger partial charge in [-0.15, -0.1) is 11.3 Å². The summed E-state index contributed by atoms with van der Waals surface area (Å²) in [6, 6.07) is 4.34. The molecule has 0 aliphatic rings. The first kappa shape index (κ1) is 12.3. The van der Waals surface area contributed by atoms with E-state index in [9.17, 15) is 0 Å². The zero-order chi connectivity index (χ0) is 12.3. The minimum absolute atomic E-state index is 0.267. The van der Waals surface area contributed by atoms with Gasteiger partial charge >= 0.3 is 0 Å². The second kappa shape index (κ2) is 5.47. The number of furan rings is 1. The molecule has 4 heteroatoms. The van der Waals surface area contributed by atoms with Gasteiger partial charge in [-0.25, -0.2) is 4.98 Å². The van der Waals surface area contributed by atoms with Gasteiger partial charge in [-0.3, -0.25) is 0 Å². The Hall–Kier alpha value is -1.13. The molecule has 3 nitrogen and oxygen atoms in total.